The molecule has 1 atom stereocenters. The quantitative estimate of drug-likeness (QED) is 0.735. The number of benzene rings is 1. The van der Waals surface area contributed by atoms with Gasteiger partial charge in [-0.15, -0.1) is 0 Å². The first-order chi connectivity index (χ1) is 8.34. The fraction of sp³-hybridized carbons (Fsp3) is 0.500. The van der Waals surface area contributed by atoms with Crippen molar-refractivity contribution < 1.29 is 9.53 Å². The maximum absolute atomic E-state index is 12.3. The Labute approximate surface area is 101 Å². The van der Waals surface area contributed by atoms with E-state index < -0.39 is 0 Å². The summed E-state index contributed by atoms with van der Waals surface area (Å²) in [6.07, 6.45) is 1.87. The number of nitrogens with zero attached hydrogens (tertiary/aromatic N) is 1. The topological polar surface area (TPSA) is 29.5 Å². The SMILES string of the molecule is O=C(C1CCOC1)N1CCc2ccccc2C1. The van der Waals surface area contributed by atoms with Gasteiger partial charge in [0.25, 0.3) is 0 Å². The van der Waals surface area contributed by atoms with E-state index in [1.54, 1.807) is 0 Å². The molecule has 1 amide bonds. The number of ether oxygens (including phenoxy) is 1. The largest absolute Gasteiger partial charge is 0.381 e. The Bertz CT molecular complexity index is 424. The minimum absolute atomic E-state index is 0.0975. The second kappa shape index (κ2) is 4.49. The lowest BCUT2D eigenvalue weighted by atomic mass is 9.98. The number of hydrogen-bond acceptors (Lipinski definition) is 2. The Morgan fingerprint density at radius 3 is 2.88 bits per heavy atom. The van der Waals surface area contributed by atoms with Crippen LogP contribution in [0.15, 0.2) is 24.3 Å². The summed E-state index contributed by atoms with van der Waals surface area (Å²) >= 11 is 0. The molecule has 0 aliphatic carbocycles. The van der Waals surface area contributed by atoms with Crippen LogP contribution < -0.4 is 0 Å². The van der Waals surface area contributed by atoms with Crippen LogP contribution in [0.5, 0.6) is 0 Å². The van der Waals surface area contributed by atoms with Gasteiger partial charge in [-0.05, 0) is 24.0 Å². The van der Waals surface area contributed by atoms with E-state index in [-0.39, 0.29) is 11.8 Å². The molecule has 2 aliphatic heterocycles. The lowest BCUT2D eigenvalue weighted by Crippen LogP contribution is -2.39. The summed E-state index contributed by atoms with van der Waals surface area (Å²) in [5.74, 6) is 0.372. The monoisotopic (exact) mass is 231 g/mol. The molecule has 2 aliphatic rings. The van der Waals surface area contributed by atoms with Crippen LogP contribution in [0.3, 0.4) is 0 Å². The second-order valence-electron chi connectivity index (χ2n) is 4.84. The molecule has 1 aromatic rings. The van der Waals surface area contributed by atoms with Crippen molar-refractivity contribution >= 4 is 5.91 Å². The van der Waals surface area contributed by atoms with Crippen molar-refractivity contribution in [3.8, 4) is 0 Å². The van der Waals surface area contributed by atoms with Gasteiger partial charge < -0.3 is 9.64 Å². The molecule has 0 aromatic heterocycles. The van der Waals surface area contributed by atoms with Crippen molar-refractivity contribution in [3.63, 3.8) is 0 Å². The average Bonchev–Trinajstić information content (AvgIpc) is 2.91. The highest BCUT2D eigenvalue weighted by atomic mass is 16.5. The molecule has 0 bridgehead atoms. The van der Waals surface area contributed by atoms with Crippen LogP contribution in [0.2, 0.25) is 0 Å². The Balaban J connectivity index is 1.73. The molecule has 1 aromatic carbocycles. The second-order valence-corrected chi connectivity index (χ2v) is 4.84. The molecule has 17 heavy (non-hydrogen) atoms. The third-order valence-corrected chi connectivity index (χ3v) is 3.72. The molecule has 3 rings (SSSR count). The van der Waals surface area contributed by atoms with Gasteiger partial charge in [0.05, 0.1) is 12.5 Å². The molecule has 3 nitrogen and oxygen atoms in total. The molecule has 0 N–H and O–H groups in total. The maximum atomic E-state index is 12.3. The fourth-order valence-corrected chi connectivity index (χ4v) is 2.67. The third-order valence-electron chi connectivity index (χ3n) is 3.72. The van der Waals surface area contributed by atoms with E-state index in [0.717, 1.165) is 32.5 Å². The van der Waals surface area contributed by atoms with Crippen molar-refractivity contribution in [1.29, 1.82) is 0 Å². The van der Waals surface area contributed by atoms with Crippen LogP contribution in [0, 0.1) is 5.92 Å². The Morgan fingerprint density at radius 1 is 1.29 bits per heavy atom. The first-order valence-corrected chi connectivity index (χ1v) is 6.28. The van der Waals surface area contributed by atoms with Crippen molar-refractivity contribution in [2.45, 2.75) is 19.4 Å². The standard InChI is InChI=1S/C14H17NO2/c16-14(13-6-8-17-10-13)15-7-5-11-3-1-2-4-12(11)9-15/h1-4,13H,5-10H2. The highest BCUT2D eigenvalue weighted by molar-refractivity contribution is 5.79. The lowest BCUT2D eigenvalue weighted by molar-refractivity contribution is -0.136. The van der Waals surface area contributed by atoms with E-state index in [1.165, 1.54) is 11.1 Å². The highest BCUT2D eigenvalue weighted by Gasteiger charge is 2.29. The van der Waals surface area contributed by atoms with E-state index in [1.807, 2.05) is 11.0 Å². The molecule has 3 heteroatoms. The normalized spacial score (nSPS) is 23.5. The number of carbonyl (C=O) groups is 1. The van der Waals surface area contributed by atoms with E-state index in [4.69, 9.17) is 4.74 Å². The first-order valence-electron chi connectivity index (χ1n) is 6.28. The number of hydrogen-bond donors (Lipinski definition) is 0. The van der Waals surface area contributed by atoms with Crippen LogP contribution in [0.4, 0.5) is 0 Å². The molecule has 2 heterocycles. The van der Waals surface area contributed by atoms with Crippen LogP contribution in [-0.4, -0.2) is 30.6 Å². The molecule has 1 saturated heterocycles. The average molecular weight is 231 g/mol. The number of carbonyl (C=O) groups excluding carboxylic acids is 1. The number of fused-ring (bicyclic) bond motifs is 1. The van der Waals surface area contributed by atoms with E-state index in [9.17, 15) is 4.79 Å². The van der Waals surface area contributed by atoms with Crippen LogP contribution in [-0.2, 0) is 22.5 Å². The zero-order valence-corrected chi connectivity index (χ0v) is 9.89. The van der Waals surface area contributed by atoms with Crippen molar-refractivity contribution in [1.82, 2.24) is 4.90 Å². The Hall–Kier alpha value is -1.35. The molecule has 0 radical (unpaired) electrons. The summed E-state index contributed by atoms with van der Waals surface area (Å²) < 4.78 is 5.29. The van der Waals surface area contributed by atoms with Gasteiger partial charge in [-0.3, -0.25) is 4.79 Å². The molecule has 0 spiro atoms. The van der Waals surface area contributed by atoms with Gasteiger partial charge in [0.1, 0.15) is 0 Å². The Morgan fingerprint density at radius 2 is 2.12 bits per heavy atom. The maximum Gasteiger partial charge on any atom is 0.228 e. The molecule has 0 saturated carbocycles. The lowest BCUT2D eigenvalue weighted by Gasteiger charge is -2.30. The minimum atomic E-state index is 0.0975. The van der Waals surface area contributed by atoms with Gasteiger partial charge in [-0.2, -0.15) is 0 Å². The first kappa shape index (κ1) is 10.8. The van der Waals surface area contributed by atoms with E-state index in [0.29, 0.717) is 6.61 Å². The summed E-state index contributed by atoms with van der Waals surface area (Å²) in [7, 11) is 0. The third kappa shape index (κ3) is 2.07. The highest BCUT2D eigenvalue weighted by Crippen LogP contribution is 2.22. The van der Waals surface area contributed by atoms with Gasteiger partial charge in [0.15, 0.2) is 0 Å². The zero-order chi connectivity index (χ0) is 11.7. The van der Waals surface area contributed by atoms with Gasteiger partial charge in [-0.1, -0.05) is 24.3 Å². The van der Waals surface area contributed by atoms with Gasteiger partial charge in [0.2, 0.25) is 5.91 Å². The molecule has 1 fully saturated rings. The van der Waals surface area contributed by atoms with Crippen molar-refractivity contribution in [2.24, 2.45) is 5.92 Å². The van der Waals surface area contributed by atoms with Crippen LogP contribution >= 0.6 is 0 Å². The van der Waals surface area contributed by atoms with Gasteiger partial charge in [0, 0.05) is 19.7 Å². The zero-order valence-electron chi connectivity index (χ0n) is 9.89. The minimum Gasteiger partial charge on any atom is -0.381 e. The van der Waals surface area contributed by atoms with E-state index >= 15 is 0 Å². The van der Waals surface area contributed by atoms with Crippen molar-refractivity contribution in [3.05, 3.63) is 35.4 Å². The summed E-state index contributed by atoms with van der Waals surface area (Å²) in [5, 5.41) is 0. The Kier molecular flexibility index (Phi) is 2.85. The summed E-state index contributed by atoms with van der Waals surface area (Å²) in [6.45, 7) is 2.97. The number of amides is 1. The summed E-state index contributed by atoms with van der Waals surface area (Å²) in [4.78, 5) is 14.2. The van der Waals surface area contributed by atoms with Crippen LogP contribution in [0.25, 0.3) is 0 Å². The predicted octanol–water partition coefficient (Wildman–Crippen LogP) is 1.61. The summed E-state index contributed by atoms with van der Waals surface area (Å²) in [6, 6.07) is 8.41. The molecule has 1 unspecified atom stereocenters. The van der Waals surface area contributed by atoms with Crippen molar-refractivity contribution in [2.75, 3.05) is 19.8 Å². The smallest absolute Gasteiger partial charge is 0.228 e. The van der Waals surface area contributed by atoms with Gasteiger partial charge in [-0.25, -0.2) is 0 Å². The molecular weight excluding hydrogens is 214 g/mol. The molecule has 90 valence electrons. The van der Waals surface area contributed by atoms with Crippen LogP contribution in [0.1, 0.15) is 17.5 Å². The predicted molar refractivity (Wildman–Crippen MR) is 64.5 cm³/mol. The number of rotatable bonds is 1. The fourth-order valence-electron chi connectivity index (χ4n) is 2.67. The molecular formula is C14H17NO2. The summed E-state index contributed by atoms with van der Waals surface area (Å²) in [5.41, 5.74) is 2.69. The van der Waals surface area contributed by atoms with E-state index in [2.05, 4.69) is 18.2 Å². The van der Waals surface area contributed by atoms with Gasteiger partial charge >= 0.3 is 0 Å².